The first-order chi connectivity index (χ1) is 14.0. The zero-order chi connectivity index (χ0) is 20.6. The smallest absolute Gasteiger partial charge is 1.00 e. The van der Waals surface area contributed by atoms with E-state index in [1.807, 2.05) is 10.4 Å². The normalized spacial score (nSPS) is 31.5. The summed E-state index contributed by atoms with van der Waals surface area (Å²) in [5.41, 5.74) is 0. The van der Waals surface area contributed by atoms with Gasteiger partial charge in [-0.3, -0.25) is 0 Å². The fourth-order valence-electron chi connectivity index (χ4n) is 6.62. The summed E-state index contributed by atoms with van der Waals surface area (Å²) in [5, 5.41) is 3.73. The maximum Gasteiger partial charge on any atom is -1.00 e. The number of hydrogen-bond acceptors (Lipinski definition) is 0. The van der Waals surface area contributed by atoms with Crippen molar-refractivity contribution in [2.75, 3.05) is 0 Å². The summed E-state index contributed by atoms with van der Waals surface area (Å²) in [6.07, 6.45) is 24.8. The number of halogens is 2. The Labute approximate surface area is 215 Å². The van der Waals surface area contributed by atoms with Crippen LogP contribution >= 0.6 is 0 Å². The number of rotatable bonds is 10. The number of hydrogen-bond donors (Lipinski definition) is 0. The molecule has 2 atom stereocenters. The Morgan fingerprint density at radius 3 is 1.35 bits per heavy atom. The summed E-state index contributed by atoms with van der Waals surface area (Å²) in [5.74, 6) is 0. The molecule has 31 heavy (non-hydrogen) atoms. The minimum Gasteiger partial charge on any atom is -1.00 e. The molecule has 4 rings (SSSR count). The van der Waals surface area contributed by atoms with Crippen molar-refractivity contribution in [2.24, 2.45) is 0 Å². The van der Waals surface area contributed by atoms with Crippen LogP contribution < -0.4 is 24.8 Å². The van der Waals surface area contributed by atoms with Crippen molar-refractivity contribution >= 4 is 16.1 Å². The molecule has 0 nitrogen and oxygen atoms in total. The Morgan fingerprint density at radius 2 is 1.10 bits per heavy atom. The predicted octanol–water partition coefficient (Wildman–Crippen LogP) is 2.81. The molecule has 2 aliphatic carbocycles. The van der Waals surface area contributed by atoms with Gasteiger partial charge in [-0.25, -0.2) is 0 Å². The summed E-state index contributed by atoms with van der Waals surface area (Å²) >= 11 is -0.145. The van der Waals surface area contributed by atoms with Crippen LogP contribution in [0.5, 0.6) is 0 Å². The van der Waals surface area contributed by atoms with E-state index in [0.29, 0.717) is 7.44 Å². The molecule has 2 aliphatic heterocycles. The monoisotopic (exact) mass is 528 g/mol. The molecule has 0 saturated carbocycles. The Balaban J connectivity index is 0.00000171. The largest absolute Gasteiger partial charge is 1.00 e. The van der Waals surface area contributed by atoms with Gasteiger partial charge < -0.3 is 24.8 Å². The van der Waals surface area contributed by atoms with E-state index in [1.165, 1.54) is 50.6 Å². The van der Waals surface area contributed by atoms with Gasteiger partial charge in [0.2, 0.25) is 0 Å². The van der Waals surface area contributed by atoms with Crippen LogP contribution in [-0.4, -0.2) is 16.1 Å². The van der Waals surface area contributed by atoms with Crippen molar-refractivity contribution in [3.8, 4) is 0 Å². The topological polar surface area (TPSA) is 0 Å². The molecule has 0 bridgehead atoms. The van der Waals surface area contributed by atoms with E-state index in [-0.39, 0.29) is 44.0 Å². The summed E-state index contributed by atoms with van der Waals surface area (Å²) in [6.45, 7) is 9.75. The van der Waals surface area contributed by atoms with Crippen molar-refractivity contribution in [1.82, 2.24) is 0 Å². The maximum atomic E-state index is 2.85. The van der Waals surface area contributed by atoms with Crippen molar-refractivity contribution < 1.29 is 44.0 Å². The van der Waals surface area contributed by atoms with E-state index in [4.69, 9.17) is 0 Å². The van der Waals surface area contributed by atoms with E-state index in [0.717, 1.165) is 0 Å². The van der Waals surface area contributed by atoms with Gasteiger partial charge in [0, 0.05) is 0 Å². The Kier molecular flexibility index (Phi) is 9.87. The third-order valence-electron chi connectivity index (χ3n) is 8.89. The molecule has 2 unspecified atom stereocenters. The van der Waals surface area contributed by atoms with Gasteiger partial charge in [0.05, 0.1) is 0 Å². The van der Waals surface area contributed by atoms with Crippen molar-refractivity contribution in [3.05, 3.63) is 46.8 Å². The molecule has 0 aromatic carbocycles. The summed E-state index contributed by atoms with van der Waals surface area (Å²) in [7, 11) is -2.18. The fraction of sp³-hybridized carbons (Fsp3) is 0.692. The van der Waals surface area contributed by atoms with Crippen LogP contribution in [0.1, 0.15) is 66.2 Å². The molecule has 2 fully saturated rings. The molecule has 4 aliphatic rings. The molecule has 0 aromatic heterocycles. The van der Waals surface area contributed by atoms with Gasteiger partial charge in [-0.2, -0.15) is 0 Å². The summed E-state index contributed by atoms with van der Waals surface area (Å²) < 4.78 is 0.869. The fourth-order valence-corrected chi connectivity index (χ4v) is 19.3. The van der Waals surface area contributed by atoms with Crippen LogP contribution in [0.2, 0.25) is 43.7 Å². The SMILES string of the molecule is CCC[Si]1(C2=C[C](CC)([Ti+2][C]3(CC)C=CC([Si]4(CCC)CCC4)=C3)C=C2)CCC1.[Cl-].[Cl-]. The van der Waals surface area contributed by atoms with Gasteiger partial charge in [-0.05, 0) is 0 Å². The van der Waals surface area contributed by atoms with E-state index >= 15 is 0 Å². The second-order valence-corrected chi connectivity index (χ2v) is 23.1. The average molecular weight is 530 g/mol. The zero-order valence-corrected chi connectivity index (χ0v) is 25.3. The zero-order valence-electron chi connectivity index (χ0n) is 20.2. The minimum absolute atomic E-state index is 0. The molecular weight excluding hydrogens is 487 g/mol. The molecule has 2 saturated heterocycles. The first kappa shape index (κ1) is 27.9. The van der Waals surface area contributed by atoms with Crippen LogP contribution in [0.25, 0.3) is 0 Å². The van der Waals surface area contributed by atoms with E-state index < -0.39 is 16.1 Å². The quantitative estimate of drug-likeness (QED) is 0.382. The Hall–Kier alpha value is 0.688. The van der Waals surface area contributed by atoms with E-state index in [1.54, 1.807) is 24.2 Å². The van der Waals surface area contributed by atoms with Crippen LogP contribution in [0.15, 0.2) is 46.8 Å². The maximum absolute atomic E-state index is 2.85. The van der Waals surface area contributed by atoms with E-state index in [2.05, 4.69) is 64.2 Å². The van der Waals surface area contributed by atoms with Gasteiger partial charge in [-0.15, -0.1) is 0 Å². The molecular formula is C26H42Cl2Si2Ti. The molecule has 172 valence electrons. The molecule has 0 amide bonds. The van der Waals surface area contributed by atoms with Crippen LogP contribution in [0.3, 0.4) is 0 Å². The van der Waals surface area contributed by atoms with Crippen molar-refractivity contribution in [2.45, 2.75) is 110 Å². The van der Waals surface area contributed by atoms with E-state index in [9.17, 15) is 0 Å². The predicted molar refractivity (Wildman–Crippen MR) is 131 cm³/mol. The van der Waals surface area contributed by atoms with Gasteiger partial charge >= 0.3 is 192 Å². The first-order valence-corrected chi connectivity index (χ1v) is 19.4. The van der Waals surface area contributed by atoms with Crippen LogP contribution in [0.4, 0.5) is 0 Å². The Morgan fingerprint density at radius 1 is 0.710 bits per heavy atom. The molecule has 0 radical (unpaired) electrons. The van der Waals surface area contributed by atoms with Gasteiger partial charge in [0.25, 0.3) is 0 Å². The number of allylic oxidation sites excluding steroid dienone is 8. The minimum atomic E-state index is -1.09. The average Bonchev–Trinajstić information content (AvgIpc) is 3.27. The van der Waals surface area contributed by atoms with Crippen molar-refractivity contribution in [1.29, 1.82) is 0 Å². The first-order valence-electron chi connectivity index (χ1n) is 12.6. The van der Waals surface area contributed by atoms with Gasteiger partial charge in [0.1, 0.15) is 0 Å². The second-order valence-electron chi connectivity index (χ2n) is 10.5. The standard InChI is InChI=1S/2C13H21Si.2ClH.Ti/c2*1-3-8-14(9-5-10-14)13-7-6-12(4-2)11-13;;;/h2*6-7,11H,3-5,8-10H2,1-2H3;2*1H;/q;;;;+2/p-2. The molecule has 2 heterocycles. The molecule has 5 heteroatoms. The van der Waals surface area contributed by atoms with Crippen LogP contribution in [-0.2, 0) is 19.2 Å². The third-order valence-corrected chi connectivity index (χ3v) is 23.6. The molecule has 0 N–H and O–H groups in total. The van der Waals surface area contributed by atoms with Gasteiger partial charge in [0.15, 0.2) is 0 Å². The van der Waals surface area contributed by atoms with Crippen molar-refractivity contribution in [3.63, 3.8) is 0 Å². The summed E-state index contributed by atoms with van der Waals surface area (Å²) in [6, 6.07) is 9.37. The molecule has 0 aromatic rings. The molecule has 0 spiro atoms. The van der Waals surface area contributed by atoms with Gasteiger partial charge in [-0.1, -0.05) is 0 Å². The second kappa shape index (κ2) is 11.0. The third kappa shape index (κ3) is 5.05. The van der Waals surface area contributed by atoms with Crippen LogP contribution in [0, 0.1) is 0 Å². The summed E-state index contributed by atoms with van der Waals surface area (Å²) in [4.78, 5) is 0. The Bertz CT molecular complexity index is 687.